The van der Waals surface area contributed by atoms with Crippen LogP contribution in [-0.4, -0.2) is 11.5 Å². The van der Waals surface area contributed by atoms with Crippen LogP contribution in [0.5, 0.6) is 0 Å². The van der Waals surface area contributed by atoms with E-state index in [1.807, 2.05) is 6.07 Å². The first-order valence-electron chi connectivity index (χ1n) is 5.37. The third kappa shape index (κ3) is 2.81. The minimum atomic E-state index is -0.489. The van der Waals surface area contributed by atoms with Crippen LogP contribution in [0.2, 0.25) is 5.02 Å². The van der Waals surface area contributed by atoms with Crippen molar-refractivity contribution in [3.05, 3.63) is 57.5 Å². The molecule has 1 aromatic carbocycles. The molecule has 1 N–H and O–H groups in total. The van der Waals surface area contributed by atoms with E-state index in [9.17, 15) is 10.1 Å². The molecule has 0 unspecified atom stereocenters. The lowest BCUT2D eigenvalue weighted by molar-refractivity contribution is -0.383. The van der Waals surface area contributed by atoms with Crippen molar-refractivity contribution in [1.82, 2.24) is 0 Å². The summed E-state index contributed by atoms with van der Waals surface area (Å²) in [5.74, 6) is 0.826. The van der Waals surface area contributed by atoms with Gasteiger partial charge in [-0.1, -0.05) is 17.7 Å². The highest BCUT2D eigenvalue weighted by Gasteiger charge is 2.17. The third-order valence-corrected chi connectivity index (χ3v) is 2.74. The fourth-order valence-electron chi connectivity index (χ4n) is 1.62. The average molecular weight is 267 g/mol. The van der Waals surface area contributed by atoms with Crippen molar-refractivity contribution in [3.8, 4) is 0 Å². The average Bonchev–Trinajstić information content (AvgIpc) is 2.81. The Kier molecular flexibility index (Phi) is 3.84. The van der Waals surface area contributed by atoms with E-state index in [1.54, 1.807) is 24.5 Å². The number of furan rings is 1. The van der Waals surface area contributed by atoms with E-state index in [0.29, 0.717) is 18.7 Å². The van der Waals surface area contributed by atoms with E-state index in [4.69, 9.17) is 16.0 Å². The van der Waals surface area contributed by atoms with Crippen molar-refractivity contribution in [2.45, 2.75) is 6.42 Å². The van der Waals surface area contributed by atoms with Crippen LogP contribution in [0.4, 0.5) is 11.4 Å². The van der Waals surface area contributed by atoms with Crippen molar-refractivity contribution in [1.29, 1.82) is 0 Å². The quantitative estimate of drug-likeness (QED) is 0.664. The molecule has 0 amide bonds. The summed E-state index contributed by atoms with van der Waals surface area (Å²) in [4.78, 5) is 10.4. The van der Waals surface area contributed by atoms with Gasteiger partial charge in [-0.3, -0.25) is 10.1 Å². The molecule has 1 heterocycles. The summed E-state index contributed by atoms with van der Waals surface area (Å²) in [5, 5.41) is 14.0. The lowest BCUT2D eigenvalue weighted by Gasteiger charge is -2.06. The predicted octanol–water partition coefficient (Wildman–Crippen LogP) is 3.50. The summed E-state index contributed by atoms with van der Waals surface area (Å²) in [6.07, 6.45) is 2.24. The van der Waals surface area contributed by atoms with Crippen LogP contribution < -0.4 is 5.32 Å². The van der Waals surface area contributed by atoms with Gasteiger partial charge in [-0.15, -0.1) is 0 Å². The van der Waals surface area contributed by atoms with Crippen molar-refractivity contribution in [2.24, 2.45) is 0 Å². The van der Waals surface area contributed by atoms with Crippen LogP contribution in [0.25, 0.3) is 0 Å². The Morgan fingerprint density at radius 3 is 2.83 bits per heavy atom. The fourth-order valence-corrected chi connectivity index (χ4v) is 1.86. The largest absolute Gasteiger partial charge is 0.469 e. The molecule has 0 saturated heterocycles. The molecule has 0 aliphatic carbocycles. The molecule has 6 heteroatoms. The molecule has 0 saturated carbocycles. The number of benzene rings is 1. The number of nitro groups is 1. The Labute approximate surface area is 109 Å². The molecule has 0 aliphatic heterocycles. The van der Waals surface area contributed by atoms with Crippen LogP contribution in [0.15, 0.2) is 41.0 Å². The first-order chi connectivity index (χ1) is 8.68. The van der Waals surface area contributed by atoms with Crippen molar-refractivity contribution in [2.75, 3.05) is 11.9 Å². The van der Waals surface area contributed by atoms with E-state index in [-0.39, 0.29) is 10.7 Å². The number of nitrogens with one attached hydrogen (secondary N) is 1. The molecule has 0 fully saturated rings. The number of hydrogen-bond acceptors (Lipinski definition) is 4. The smallest absolute Gasteiger partial charge is 0.310 e. The predicted molar refractivity (Wildman–Crippen MR) is 69.0 cm³/mol. The highest BCUT2D eigenvalue weighted by atomic mass is 35.5. The first-order valence-corrected chi connectivity index (χ1v) is 5.75. The van der Waals surface area contributed by atoms with Crippen LogP contribution in [0, 0.1) is 10.1 Å². The zero-order chi connectivity index (χ0) is 13.0. The minimum Gasteiger partial charge on any atom is -0.469 e. The fraction of sp³-hybridized carbons (Fsp3) is 0.167. The van der Waals surface area contributed by atoms with Gasteiger partial charge in [0.1, 0.15) is 16.5 Å². The highest BCUT2D eigenvalue weighted by Crippen LogP contribution is 2.32. The Morgan fingerprint density at radius 2 is 2.17 bits per heavy atom. The van der Waals surface area contributed by atoms with Gasteiger partial charge in [0.2, 0.25) is 0 Å². The summed E-state index contributed by atoms with van der Waals surface area (Å²) >= 11 is 5.80. The molecule has 94 valence electrons. The van der Waals surface area contributed by atoms with E-state index >= 15 is 0 Å². The molecule has 0 aliphatic rings. The SMILES string of the molecule is O=[N+]([O-])c1c(Cl)cccc1NCCc1ccco1. The van der Waals surface area contributed by atoms with Gasteiger partial charge in [0.05, 0.1) is 11.2 Å². The number of rotatable bonds is 5. The number of halogens is 1. The summed E-state index contributed by atoms with van der Waals surface area (Å²) in [7, 11) is 0. The zero-order valence-corrected chi connectivity index (χ0v) is 10.2. The molecule has 18 heavy (non-hydrogen) atoms. The summed E-state index contributed by atoms with van der Waals surface area (Å²) in [6.45, 7) is 0.536. The van der Waals surface area contributed by atoms with Gasteiger partial charge in [-0.25, -0.2) is 0 Å². The Balaban J connectivity index is 2.05. The van der Waals surface area contributed by atoms with Crippen LogP contribution in [-0.2, 0) is 6.42 Å². The van der Waals surface area contributed by atoms with Crippen LogP contribution in [0.3, 0.4) is 0 Å². The number of anilines is 1. The Bertz CT molecular complexity index is 540. The molecule has 0 bridgehead atoms. The van der Waals surface area contributed by atoms with Gasteiger partial charge < -0.3 is 9.73 Å². The van der Waals surface area contributed by atoms with Crippen LogP contribution in [0.1, 0.15) is 5.76 Å². The molecule has 0 atom stereocenters. The van der Waals surface area contributed by atoms with Gasteiger partial charge in [0.15, 0.2) is 0 Å². The summed E-state index contributed by atoms with van der Waals surface area (Å²) in [6, 6.07) is 8.46. The Hall–Kier alpha value is -2.01. The van der Waals surface area contributed by atoms with E-state index in [2.05, 4.69) is 5.32 Å². The highest BCUT2D eigenvalue weighted by molar-refractivity contribution is 6.33. The summed E-state index contributed by atoms with van der Waals surface area (Å²) in [5.41, 5.74) is 0.317. The molecule has 0 radical (unpaired) electrons. The maximum atomic E-state index is 10.9. The molecular weight excluding hydrogens is 256 g/mol. The first kappa shape index (κ1) is 12.4. The maximum absolute atomic E-state index is 10.9. The van der Waals surface area contributed by atoms with Gasteiger partial charge in [-0.2, -0.15) is 0 Å². The maximum Gasteiger partial charge on any atom is 0.310 e. The minimum absolute atomic E-state index is 0.0985. The lowest BCUT2D eigenvalue weighted by Crippen LogP contribution is -2.06. The molecule has 5 nitrogen and oxygen atoms in total. The molecule has 2 aromatic rings. The van der Waals surface area contributed by atoms with Gasteiger partial charge >= 0.3 is 5.69 Å². The van der Waals surface area contributed by atoms with Crippen LogP contribution >= 0.6 is 11.6 Å². The molecular formula is C12H11ClN2O3. The number of nitro benzene ring substituents is 1. The topological polar surface area (TPSA) is 68.3 Å². The van der Waals surface area contributed by atoms with Crippen molar-refractivity contribution >= 4 is 23.0 Å². The molecule has 1 aromatic heterocycles. The summed E-state index contributed by atoms with van der Waals surface area (Å²) < 4.78 is 5.17. The van der Waals surface area contributed by atoms with Crippen molar-refractivity contribution < 1.29 is 9.34 Å². The lowest BCUT2D eigenvalue weighted by atomic mass is 10.2. The van der Waals surface area contributed by atoms with E-state index < -0.39 is 4.92 Å². The normalized spacial score (nSPS) is 10.3. The Morgan fingerprint density at radius 1 is 1.33 bits per heavy atom. The molecule has 2 rings (SSSR count). The monoisotopic (exact) mass is 266 g/mol. The second-order valence-electron chi connectivity index (χ2n) is 3.65. The van der Waals surface area contributed by atoms with Crippen molar-refractivity contribution in [3.63, 3.8) is 0 Å². The number of para-hydroxylation sites is 1. The second kappa shape index (κ2) is 5.55. The zero-order valence-electron chi connectivity index (χ0n) is 9.43. The van der Waals surface area contributed by atoms with Gasteiger partial charge in [0, 0.05) is 13.0 Å². The number of nitrogens with zero attached hydrogens (tertiary/aromatic N) is 1. The third-order valence-electron chi connectivity index (χ3n) is 2.44. The molecule has 0 spiro atoms. The van der Waals surface area contributed by atoms with E-state index in [1.165, 1.54) is 6.07 Å². The van der Waals surface area contributed by atoms with Gasteiger partial charge in [0.25, 0.3) is 0 Å². The van der Waals surface area contributed by atoms with E-state index in [0.717, 1.165) is 5.76 Å². The standard InChI is InChI=1S/C12H11ClN2O3/c13-10-4-1-5-11(12(10)15(16)17)14-7-6-9-3-2-8-18-9/h1-5,8,14H,6-7H2. The second-order valence-corrected chi connectivity index (χ2v) is 4.06. The van der Waals surface area contributed by atoms with Gasteiger partial charge in [-0.05, 0) is 24.3 Å². The number of hydrogen-bond donors (Lipinski definition) is 1.